The highest BCUT2D eigenvalue weighted by Crippen LogP contribution is 2.27. The second-order valence-electron chi connectivity index (χ2n) is 5.88. The standard InChI is InChI=1S/C19H17N3O/c1-12-11-15-16(20)7-4-8-17(15)22(12)19(23)14-6-3-5-13-9-10-21(2)18(13)14/h3-11H,20H2,1-2H3. The summed E-state index contributed by atoms with van der Waals surface area (Å²) in [5, 5.41) is 1.98. The monoisotopic (exact) mass is 303 g/mol. The van der Waals surface area contributed by atoms with Crippen LogP contribution in [-0.4, -0.2) is 15.0 Å². The summed E-state index contributed by atoms with van der Waals surface area (Å²) in [4.78, 5) is 13.2. The topological polar surface area (TPSA) is 52.9 Å². The van der Waals surface area contributed by atoms with Crippen LogP contribution in [-0.2, 0) is 7.05 Å². The molecular weight excluding hydrogens is 286 g/mol. The summed E-state index contributed by atoms with van der Waals surface area (Å²) in [5.41, 5.74) is 10.1. The number of carbonyl (C=O) groups is 1. The number of nitrogens with two attached hydrogens (primary N) is 1. The van der Waals surface area contributed by atoms with Crippen LogP contribution >= 0.6 is 0 Å². The van der Waals surface area contributed by atoms with Crippen LogP contribution in [0.2, 0.25) is 0 Å². The van der Waals surface area contributed by atoms with Crippen molar-refractivity contribution in [2.75, 3.05) is 5.73 Å². The predicted octanol–water partition coefficient (Wildman–Crippen LogP) is 3.71. The second-order valence-corrected chi connectivity index (χ2v) is 5.88. The summed E-state index contributed by atoms with van der Waals surface area (Å²) in [6, 6.07) is 15.5. The van der Waals surface area contributed by atoms with Gasteiger partial charge in [-0.05, 0) is 37.3 Å². The van der Waals surface area contributed by atoms with E-state index in [-0.39, 0.29) is 5.91 Å². The Morgan fingerprint density at radius 1 is 1.09 bits per heavy atom. The number of aryl methyl sites for hydroxylation is 2. The fourth-order valence-electron chi connectivity index (χ4n) is 3.30. The zero-order valence-electron chi connectivity index (χ0n) is 13.1. The number of fused-ring (bicyclic) bond motifs is 2. The predicted molar refractivity (Wildman–Crippen MR) is 93.7 cm³/mol. The van der Waals surface area contributed by atoms with Crippen LogP contribution in [0.15, 0.2) is 54.7 Å². The summed E-state index contributed by atoms with van der Waals surface area (Å²) in [7, 11) is 1.96. The van der Waals surface area contributed by atoms with E-state index in [0.29, 0.717) is 11.3 Å². The smallest absolute Gasteiger partial charge is 0.264 e. The molecule has 4 heteroatoms. The van der Waals surface area contributed by atoms with Crippen molar-refractivity contribution in [3.8, 4) is 0 Å². The molecule has 0 aliphatic carbocycles. The number of anilines is 1. The van der Waals surface area contributed by atoms with Gasteiger partial charge in [0, 0.05) is 35.4 Å². The first-order valence-corrected chi connectivity index (χ1v) is 7.53. The summed E-state index contributed by atoms with van der Waals surface area (Å²) in [5.74, 6) is -0.0319. The Hall–Kier alpha value is -3.01. The molecule has 0 radical (unpaired) electrons. The number of nitrogens with zero attached hydrogens (tertiary/aromatic N) is 2. The maximum absolute atomic E-state index is 13.2. The third kappa shape index (κ3) is 1.88. The maximum atomic E-state index is 13.2. The summed E-state index contributed by atoms with van der Waals surface area (Å²) in [6.45, 7) is 1.93. The lowest BCUT2D eigenvalue weighted by Gasteiger charge is -2.10. The largest absolute Gasteiger partial charge is 0.398 e. The van der Waals surface area contributed by atoms with E-state index in [1.165, 1.54) is 0 Å². The van der Waals surface area contributed by atoms with Crippen LogP contribution in [0.25, 0.3) is 21.8 Å². The van der Waals surface area contributed by atoms with Gasteiger partial charge in [0.15, 0.2) is 0 Å². The van der Waals surface area contributed by atoms with Crippen molar-refractivity contribution in [2.45, 2.75) is 6.92 Å². The Labute approximate surface area is 133 Å². The van der Waals surface area contributed by atoms with Crippen LogP contribution in [0, 0.1) is 6.92 Å². The van der Waals surface area contributed by atoms with Crippen LogP contribution in [0.1, 0.15) is 16.1 Å². The molecule has 0 saturated carbocycles. The minimum Gasteiger partial charge on any atom is -0.398 e. The van der Waals surface area contributed by atoms with E-state index in [9.17, 15) is 4.79 Å². The van der Waals surface area contributed by atoms with Gasteiger partial charge in [0.25, 0.3) is 5.91 Å². The van der Waals surface area contributed by atoms with Crippen LogP contribution in [0.5, 0.6) is 0 Å². The normalized spacial score (nSPS) is 11.4. The molecule has 0 unspecified atom stereocenters. The molecule has 0 saturated heterocycles. The Balaban J connectivity index is 2.01. The van der Waals surface area contributed by atoms with Gasteiger partial charge in [-0.2, -0.15) is 0 Å². The van der Waals surface area contributed by atoms with Crippen LogP contribution in [0.3, 0.4) is 0 Å². The fourth-order valence-corrected chi connectivity index (χ4v) is 3.30. The van der Waals surface area contributed by atoms with Gasteiger partial charge in [-0.3, -0.25) is 9.36 Å². The molecule has 23 heavy (non-hydrogen) atoms. The first kappa shape index (κ1) is 13.6. The number of hydrogen-bond acceptors (Lipinski definition) is 2. The second kappa shape index (κ2) is 4.74. The molecule has 2 heterocycles. The number of para-hydroxylation sites is 1. The summed E-state index contributed by atoms with van der Waals surface area (Å²) < 4.78 is 3.73. The highest BCUT2D eigenvalue weighted by atomic mass is 16.2. The Morgan fingerprint density at radius 3 is 2.70 bits per heavy atom. The number of rotatable bonds is 1. The quantitative estimate of drug-likeness (QED) is 0.545. The zero-order chi connectivity index (χ0) is 16.1. The van der Waals surface area contributed by atoms with Crippen molar-refractivity contribution in [3.05, 3.63) is 66.0 Å². The lowest BCUT2D eigenvalue weighted by atomic mass is 10.1. The lowest BCUT2D eigenvalue weighted by Crippen LogP contribution is -2.14. The van der Waals surface area contributed by atoms with Gasteiger partial charge in [-0.25, -0.2) is 0 Å². The average Bonchev–Trinajstić information content (AvgIpc) is 3.08. The molecule has 0 aliphatic rings. The molecule has 4 rings (SSSR count). The molecule has 0 amide bonds. The third-order valence-corrected chi connectivity index (χ3v) is 4.39. The number of carbonyl (C=O) groups excluding carboxylic acids is 1. The van der Waals surface area contributed by atoms with Crippen molar-refractivity contribution >= 4 is 33.4 Å². The van der Waals surface area contributed by atoms with E-state index in [2.05, 4.69) is 0 Å². The molecule has 0 atom stereocenters. The van der Waals surface area contributed by atoms with Gasteiger partial charge < -0.3 is 10.3 Å². The number of hydrogen-bond donors (Lipinski definition) is 1. The van der Waals surface area contributed by atoms with Crippen molar-refractivity contribution in [3.63, 3.8) is 0 Å². The molecular formula is C19H17N3O. The van der Waals surface area contributed by atoms with Crippen molar-refractivity contribution < 1.29 is 4.79 Å². The Bertz CT molecular complexity index is 1070. The molecule has 2 aromatic carbocycles. The van der Waals surface area contributed by atoms with Crippen LogP contribution < -0.4 is 5.73 Å². The molecule has 0 aliphatic heterocycles. The highest BCUT2D eigenvalue weighted by Gasteiger charge is 2.18. The van der Waals surface area contributed by atoms with E-state index in [0.717, 1.165) is 27.5 Å². The minimum absolute atomic E-state index is 0.0319. The zero-order valence-corrected chi connectivity index (χ0v) is 13.1. The highest BCUT2D eigenvalue weighted by molar-refractivity contribution is 6.11. The summed E-state index contributed by atoms with van der Waals surface area (Å²) in [6.07, 6.45) is 1.97. The molecule has 0 fully saturated rings. The van der Waals surface area contributed by atoms with Gasteiger partial charge in [-0.1, -0.05) is 18.2 Å². The van der Waals surface area contributed by atoms with Gasteiger partial charge >= 0.3 is 0 Å². The Morgan fingerprint density at radius 2 is 1.87 bits per heavy atom. The average molecular weight is 303 g/mol. The van der Waals surface area contributed by atoms with E-state index < -0.39 is 0 Å². The summed E-state index contributed by atoms with van der Waals surface area (Å²) >= 11 is 0. The fraction of sp³-hybridized carbons (Fsp3) is 0.105. The molecule has 4 aromatic rings. The number of aromatic nitrogens is 2. The van der Waals surface area contributed by atoms with E-state index in [1.807, 2.05) is 73.3 Å². The van der Waals surface area contributed by atoms with E-state index >= 15 is 0 Å². The number of benzene rings is 2. The maximum Gasteiger partial charge on any atom is 0.264 e. The van der Waals surface area contributed by atoms with Crippen LogP contribution in [0.4, 0.5) is 5.69 Å². The first-order valence-electron chi connectivity index (χ1n) is 7.53. The van der Waals surface area contributed by atoms with Gasteiger partial charge in [0.2, 0.25) is 0 Å². The van der Waals surface area contributed by atoms with E-state index in [1.54, 1.807) is 4.57 Å². The molecule has 2 N–H and O–H groups in total. The van der Waals surface area contributed by atoms with Gasteiger partial charge in [0.1, 0.15) is 0 Å². The minimum atomic E-state index is -0.0319. The van der Waals surface area contributed by atoms with Crippen molar-refractivity contribution in [1.82, 2.24) is 9.13 Å². The third-order valence-electron chi connectivity index (χ3n) is 4.39. The van der Waals surface area contributed by atoms with Crippen molar-refractivity contribution in [2.24, 2.45) is 7.05 Å². The molecule has 0 spiro atoms. The van der Waals surface area contributed by atoms with Gasteiger partial charge in [-0.15, -0.1) is 0 Å². The van der Waals surface area contributed by atoms with Gasteiger partial charge in [0.05, 0.1) is 16.6 Å². The molecule has 4 nitrogen and oxygen atoms in total. The lowest BCUT2D eigenvalue weighted by molar-refractivity contribution is 0.0964. The Kier molecular flexibility index (Phi) is 2.81. The SMILES string of the molecule is Cc1cc2c(N)cccc2n1C(=O)c1cccc2ccn(C)c12. The van der Waals surface area contributed by atoms with E-state index in [4.69, 9.17) is 5.73 Å². The molecule has 0 bridgehead atoms. The number of nitrogen functional groups attached to an aromatic ring is 1. The van der Waals surface area contributed by atoms with Crippen molar-refractivity contribution in [1.29, 1.82) is 0 Å². The first-order chi connectivity index (χ1) is 11.1. The molecule has 2 aromatic heterocycles. The molecule has 114 valence electrons.